The van der Waals surface area contributed by atoms with Gasteiger partial charge in [-0.3, -0.25) is 4.79 Å². The van der Waals surface area contributed by atoms with E-state index in [0.29, 0.717) is 16.3 Å². The molecule has 1 atom stereocenters. The molecule has 0 aliphatic rings. The second-order valence-electron chi connectivity index (χ2n) is 6.29. The monoisotopic (exact) mass is 434 g/mol. The van der Waals surface area contributed by atoms with Crippen LogP contribution in [0.4, 0.5) is 4.79 Å². The number of alkyl carbamates (subject to hydrolysis) is 1. The quantitative estimate of drug-likeness (QED) is 0.467. The number of nitrogens with zero attached hydrogens (tertiary/aromatic N) is 1. The molecule has 0 radical (unpaired) electrons. The third-order valence-electron chi connectivity index (χ3n) is 2.94. The highest BCUT2D eigenvalue weighted by Gasteiger charge is 2.23. The summed E-state index contributed by atoms with van der Waals surface area (Å²) in [5.41, 5.74) is -0.0265. The number of halogens is 2. The van der Waals surface area contributed by atoms with Crippen molar-refractivity contribution in [2.75, 3.05) is 13.6 Å². The van der Waals surface area contributed by atoms with Gasteiger partial charge in [-0.1, -0.05) is 40.7 Å². The average molecular weight is 436 g/mol. The SMILES string of the molecule is C=C(Cl)/C=C(/C[C@@H](C=O)N(C)C(=O)CNC(=O)OC(C)(C)C)C(=C)Br. The Balaban J connectivity index is 4.86. The van der Waals surface area contributed by atoms with E-state index in [9.17, 15) is 14.4 Å². The molecule has 0 heterocycles. The van der Waals surface area contributed by atoms with Gasteiger partial charge < -0.3 is 19.7 Å². The van der Waals surface area contributed by atoms with Crippen LogP contribution >= 0.6 is 27.5 Å². The molecule has 0 aromatic carbocycles. The van der Waals surface area contributed by atoms with Crippen molar-refractivity contribution in [1.82, 2.24) is 10.2 Å². The van der Waals surface area contributed by atoms with Crippen molar-refractivity contribution in [1.29, 1.82) is 0 Å². The van der Waals surface area contributed by atoms with E-state index < -0.39 is 23.6 Å². The van der Waals surface area contributed by atoms with Crippen molar-refractivity contribution in [3.8, 4) is 0 Å². The summed E-state index contributed by atoms with van der Waals surface area (Å²) in [7, 11) is 1.47. The molecule has 0 rings (SSSR count). The van der Waals surface area contributed by atoms with Crippen LogP contribution < -0.4 is 5.32 Å². The Labute approximate surface area is 162 Å². The fraction of sp³-hybridized carbons (Fsp3) is 0.471. The molecular weight excluding hydrogens is 412 g/mol. The summed E-state index contributed by atoms with van der Waals surface area (Å²) in [5.74, 6) is -0.438. The lowest BCUT2D eigenvalue weighted by Crippen LogP contribution is -2.45. The molecule has 0 aromatic rings. The molecule has 6 nitrogen and oxygen atoms in total. The first-order valence-electron chi connectivity index (χ1n) is 7.45. The van der Waals surface area contributed by atoms with Crippen LogP contribution in [0.5, 0.6) is 0 Å². The molecule has 1 N–H and O–H groups in total. The highest BCUT2D eigenvalue weighted by Crippen LogP contribution is 2.23. The van der Waals surface area contributed by atoms with Gasteiger partial charge in [0, 0.05) is 23.0 Å². The van der Waals surface area contributed by atoms with Gasteiger partial charge in [0.05, 0.1) is 6.04 Å². The van der Waals surface area contributed by atoms with Crippen molar-refractivity contribution in [2.45, 2.75) is 38.8 Å². The fourth-order valence-electron chi connectivity index (χ4n) is 1.71. The first-order valence-corrected chi connectivity index (χ1v) is 8.62. The van der Waals surface area contributed by atoms with E-state index in [1.807, 2.05) is 0 Å². The molecule has 25 heavy (non-hydrogen) atoms. The van der Waals surface area contributed by atoms with Crippen molar-refractivity contribution >= 4 is 45.8 Å². The Morgan fingerprint density at radius 3 is 2.32 bits per heavy atom. The summed E-state index contributed by atoms with van der Waals surface area (Å²) >= 11 is 9.00. The Kier molecular flexibility index (Phi) is 9.74. The largest absolute Gasteiger partial charge is 0.444 e. The Morgan fingerprint density at radius 2 is 1.92 bits per heavy atom. The van der Waals surface area contributed by atoms with Gasteiger partial charge in [0.25, 0.3) is 0 Å². The average Bonchev–Trinajstić information content (AvgIpc) is 2.45. The van der Waals surface area contributed by atoms with E-state index in [1.165, 1.54) is 11.9 Å². The third-order valence-corrected chi connectivity index (χ3v) is 3.56. The van der Waals surface area contributed by atoms with Gasteiger partial charge in [0.1, 0.15) is 18.4 Å². The molecule has 0 aromatic heterocycles. The first-order chi connectivity index (χ1) is 11.4. The number of hydrogen-bond acceptors (Lipinski definition) is 4. The minimum absolute atomic E-state index is 0.202. The Hall–Kier alpha value is -1.60. The predicted molar refractivity (Wildman–Crippen MR) is 103 cm³/mol. The van der Waals surface area contributed by atoms with Crippen LogP contribution in [-0.2, 0) is 14.3 Å². The molecule has 0 saturated carbocycles. The van der Waals surface area contributed by atoms with Crippen LogP contribution in [0, 0.1) is 0 Å². The highest BCUT2D eigenvalue weighted by molar-refractivity contribution is 9.11. The van der Waals surface area contributed by atoms with Crippen molar-refractivity contribution < 1.29 is 19.1 Å². The van der Waals surface area contributed by atoms with Crippen LogP contribution in [0.1, 0.15) is 27.2 Å². The highest BCUT2D eigenvalue weighted by atomic mass is 79.9. The number of carbonyl (C=O) groups is 3. The van der Waals surface area contributed by atoms with E-state index in [-0.39, 0.29) is 18.0 Å². The minimum Gasteiger partial charge on any atom is -0.444 e. The number of allylic oxidation sites excluding steroid dienone is 3. The third kappa shape index (κ3) is 10.1. The van der Waals surface area contributed by atoms with Crippen LogP contribution in [-0.4, -0.2) is 48.4 Å². The molecule has 0 aliphatic heterocycles. The molecule has 2 amide bonds. The second-order valence-corrected chi connectivity index (χ2v) is 7.73. The van der Waals surface area contributed by atoms with Gasteiger partial charge in [-0.15, -0.1) is 0 Å². The lowest BCUT2D eigenvalue weighted by Gasteiger charge is -2.25. The first kappa shape index (κ1) is 23.4. The maximum absolute atomic E-state index is 12.2. The van der Waals surface area contributed by atoms with E-state index >= 15 is 0 Å². The predicted octanol–water partition coefficient (Wildman–Crippen LogP) is 3.51. The topological polar surface area (TPSA) is 75.7 Å². The maximum atomic E-state index is 12.2. The van der Waals surface area contributed by atoms with Crippen LogP contribution in [0.2, 0.25) is 0 Å². The summed E-state index contributed by atoms with van der Waals surface area (Å²) < 4.78 is 5.59. The number of ether oxygens (including phenoxy) is 1. The van der Waals surface area contributed by atoms with Gasteiger partial charge in [-0.05, 0) is 32.4 Å². The molecule has 0 unspecified atom stereocenters. The molecule has 0 bridgehead atoms. The number of likely N-dealkylation sites (N-methyl/N-ethyl adjacent to an activating group) is 1. The Bertz CT molecular complexity index is 582. The summed E-state index contributed by atoms with van der Waals surface area (Å²) in [4.78, 5) is 36.4. The number of rotatable bonds is 8. The molecule has 8 heteroatoms. The van der Waals surface area contributed by atoms with E-state index in [1.54, 1.807) is 26.8 Å². The van der Waals surface area contributed by atoms with E-state index in [2.05, 4.69) is 34.4 Å². The maximum Gasteiger partial charge on any atom is 0.408 e. The summed E-state index contributed by atoms with van der Waals surface area (Å²) in [6, 6.07) is -0.746. The Morgan fingerprint density at radius 1 is 1.36 bits per heavy atom. The van der Waals surface area contributed by atoms with Crippen molar-refractivity contribution in [2.24, 2.45) is 0 Å². The minimum atomic E-state index is -0.746. The molecule has 0 spiro atoms. The van der Waals surface area contributed by atoms with Crippen molar-refractivity contribution in [3.05, 3.63) is 34.3 Å². The van der Waals surface area contributed by atoms with Crippen LogP contribution in [0.15, 0.2) is 34.3 Å². The molecule has 140 valence electrons. The number of aldehydes is 1. The molecular formula is C17H24BrClN2O4. The van der Waals surface area contributed by atoms with E-state index in [4.69, 9.17) is 16.3 Å². The zero-order valence-corrected chi connectivity index (χ0v) is 17.2. The molecule has 0 aliphatic carbocycles. The summed E-state index contributed by atoms with van der Waals surface area (Å²) in [5, 5.41) is 2.64. The van der Waals surface area contributed by atoms with Gasteiger partial charge >= 0.3 is 6.09 Å². The summed E-state index contributed by atoms with van der Waals surface area (Å²) in [6.45, 7) is 12.2. The van der Waals surface area contributed by atoms with Crippen molar-refractivity contribution in [3.63, 3.8) is 0 Å². The van der Waals surface area contributed by atoms with Gasteiger partial charge in [0.15, 0.2) is 0 Å². The number of amides is 2. The zero-order chi connectivity index (χ0) is 19.8. The fourth-order valence-corrected chi connectivity index (χ4v) is 2.12. The number of carbonyl (C=O) groups excluding carboxylic acids is 3. The standard InChI is InChI=1S/C17H24BrClN2O4/c1-11(19)7-13(12(2)18)8-14(10-22)21(6)15(23)9-20-16(24)25-17(3,4)5/h7,10,14H,1-2,8-9H2,3-6H3,(H,20,24)/b13-7-/t14-/m0/s1. The second kappa shape index (κ2) is 10.4. The van der Waals surface area contributed by atoms with Crippen LogP contribution in [0.3, 0.4) is 0 Å². The van der Waals surface area contributed by atoms with Gasteiger partial charge in [0.2, 0.25) is 5.91 Å². The zero-order valence-electron chi connectivity index (χ0n) is 14.9. The number of hydrogen-bond donors (Lipinski definition) is 1. The smallest absolute Gasteiger partial charge is 0.408 e. The molecule has 0 saturated heterocycles. The lowest BCUT2D eigenvalue weighted by molar-refractivity contribution is -0.133. The molecule has 0 fully saturated rings. The normalized spacial score (nSPS) is 12.8. The van der Waals surface area contributed by atoms with Gasteiger partial charge in [-0.25, -0.2) is 4.79 Å². The number of nitrogens with one attached hydrogen (secondary N) is 1. The van der Waals surface area contributed by atoms with Gasteiger partial charge in [-0.2, -0.15) is 0 Å². The van der Waals surface area contributed by atoms with E-state index in [0.717, 1.165) is 0 Å². The lowest BCUT2D eigenvalue weighted by atomic mass is 10.1. The van der Waals surface area contributed by atoms with Crippen LogP contribution in [0.25, 0.3) is 0 Å². The summed E-state index contributed by atoms with van der Waals surface area (Å²) in [6.07, 6.45) is 1.71.